The van der Waals surface area contributed by atoms with Gasteiger partial charge in [-0.3, -0.25) is 9.59 Å². The highest BCUT2D eigenvalue weighted by Gasteiger charge is 2.62. The van der Waals surface area contributed by atoms with Gasteiger partial charge in [-0.1, -0.05) is 6.92 Å². The van der Waals surface area contributed by atoms with E-state index in [9.17, 15) is 14.4 Å². The maximum Gasteiger partial charge on any atom is 0.347 e. The Morgan fingerprint density at radius 2 is 2.04 bits per heavy atom. The van der Waals surface area contributed by atoms with Crippen LogP contribution in [0.3, 0.4) is 0 Å². The van der Waals surface area contributed by atoms with Gasteiger partial charge in [-0.05, 0) is 39.0 Å². The predicted octanol–water partition coefficient (Wildman–Crippen LogP) is 2.14. The monoisotopic (exact) mass is 363 g/mol. The fourth-order valence-electron chi connectivity index (χ4n) is 4.16. The van der Waals surface area contributed by atoms with Crippen LogP contribution in [-0.4, -0.2) is 42.8 Å². The Bertz CT molecular complexity index is 651. The van der Waals surface area contributed by atoms with Crippen LogP contribution in [0, 0.1) is 29.7 Å². The van der Waals surface area contributed by atoms with Crippen molar-refractivity contribution in [3.8, 4) is 0 Å². The zero-order valence-corrected chi connectivity index (χ0v) is 15.4. The van der Waals surface area contributed by atoms with Gasteiger partial charge < -0.3 is 19.1 Å². The molecular formula is C19H25NO6. The minimum Gasteiger partial charge on any atom is -0.463 e. The highest BCUT2D eigenvalue weighted by molar-refractivity contribution is 5.82. The van der Waals surface area contributed by atoms with Crippen molar-refractivity contribution >= 4 is 17.9 Å². The van der Waals surface area contributed by atoms with E-state index in [2.05, 4.69) is 4.85 Å². The van der Waals surface area contributed by atoms with Crippen LogP contribution in [0.1, 0.15) is 46.5 Å². The average Bonchev–Trinajstić information content (AvgIpc) is 3.29. The molecule has 7 nitrogen and oxygen atoms in total. The van der Waals surface area contributed by atoms with E-state index in [-0.39, 0.29) is 30.5 Å². The maximum atomic E-state index is 12.6. The minimum atomic E-state index is -0.855. The summed E-state index contributed by atoms with van der Waals surface area (Å²) in [7, 11) is 0. The lowest BCUT2D eigenvalue weighted by Gasteiger charge is -2.30. The summed E-state index contributed by atoms with van der Waals surface area (Å²) in [5.74, 6) is -2.03. The Morgan fingerprint density at radius 1 is 1.31 bits per heavy atom. The molecule has 1 heterocycles. The lowest BCUT2D eigenvalue weighted by atomic mass is 9.83. The number of cyclic esters (lactones) is 1. The summed E-state index contributed by atoms with van der Waals surface area (Å²) in [5.41, 5.74) is -0.559. The normalized spacial score (nSPS) is 35.7. The minimum absolute atomic E-state index is 0.0495. The van der Waals surface area contributed by atoms with E-state index in [1.165, 1.54) is 0 Å². The molecule has 2 saturated carbocycles. The van der Waals surface area contributed by atoms with E-state index in [0.717, 1.165) is 0 Å². The van der Waals surface area contributed by atoms with Crippen LogP contribution >= 0.6 is 0 Å². The van der Waals surface area contributed by atoms with Gasteiger partial charge in [0.15, 0.2) is 0 Å². The van der Waals surface area contributed by atoms with E-state index in [1.807, 2.05) is 20.8 Å². The summed E-state index contributed by atoms with van der Waals surface area (Å²) in [6.45, 7) is 13.4. The molecule has 1 aliphatic heterocycles. The number of carbonyl (C=O) groups excluding carboxylic acids is 3. The summed E-state index contributed by atoms with van der Waals surface area (Å²) in [6.07, 6.45) is 1.10. The van der Waals surface area contributed by atoms with E-state index in [1.54, 1.807) is 0 Å². The van der Waals surface area contributed by atoms with Gasteiger partial charge in [-0.15, -0.1) is 0 Å². The van der Waals surface area contributed by atoms with Crippen LogP contribution in [0.15, 0.2) is 0 Å². The highest BCUT2D eigenvalue weighted by atomic mass is 16.6. The first-order chi connectivity index (χ1) is 12.3. The van der Waals surface area contributed by atoms with Gasteiger partial charge in [0.25, 0.3) is 0 Å². The molecule has 2 aliphatic carbocycles. The third-order valence-corrected chi connectivity index (χ3v) is 6.16. The second-order valence-electron chi connectivity index (χ2n) is 8.10. The molecule has 1 saturated heterocycles. The van der Waals surface area contributed by atoms with Gasteiger partial charge in [-0.2, -0.15) is 0 Å². The van der Waals surface area contributed by atoms with Gasteiger partial charge in [0.05, 0.1) is 17.9 Å². The SMILES string of the molecule is [C-]#[N+]C1C2CC(CC2OC(=O)C(C)(C)CC)C1C(=O)OC1CCOC1=O. The Labute approximate surface area is 153 Å². The Hall–Kier alpha value is -2.10. The third-order valence-electron chi connectivity index (χ3n) is 6.16. The van der Waals surface area contributed by atoms with E-state index in [4.69, 9.17) is 20.8 Å². The molecule has 6 unspecified atom stereocenters. The Kier molecular flexibility index (Phi) is 4.96. The van der Waals surface area contributed by atoms with Crippen LogP contribution in [0.2, 0.25) is 0 Å². The summed E-state index contributed by atoms with van der Waals surface area (Å²) in [4.78, 5) is 40.1. The molecule has 3 aliphatic rings. The first kappa shape index (κ1) is 18.7. The van der Waals surface area contributed by atoms with E-state index >= 15 is 0 Å². The van der Waals surface area contributed by atoms with Crippen molar-refractivity contribution in [2.45, 2.75) is 64.7 Å². The molecule has 0 aromatic rings. The molecule has 0 N–H and O–H groups in total. The van der Waals surface area contributed by atoms with Gasteiger partial charge in [0.2, 0.25) is 12.1 Å². The van der Waals surface area contributed by atoms with E-state index < -0.39 is 35.4 Å². The van der Waals surface area contributed by atoms with Crippen LogP contribution in [0.4, 0.5) is 0 Å². The molecule has 26 heavy (non-hydrogen) atoms. The van der Waals surface area contributed by atoms with Crippen molar-refractivity contribution in [1.29, 1.82) is 0 Å². The fraction of sp³-hybridized carbons (Fsp3) is 0.789. The van der Waals surface area contributed by atoms with Crippen molar-refractivity contribution in [2.75, 3.05) is 6.61 Å². The standard InChI is InChI=1S/C19H25NO6/c1-5-19(2,3)18(23)26-13-9-10-8-11(13)15(20-4)14(10)17(22)25-12-6-7-24-16(12)21/h10-15H,5-9H2,1-3H3. The van der Waals surface area contributed by atoms with Crippen LogP contribution in [0.25, 0.3) is 4.85 Å². The molecule has 0 aromatic carbocycles. The van der Waals surface area contributed by atoms with Crippen LogP contribution in [0.5, 0.6) is 0 Å². The van der Waals surface area contributed by atoms with Crippen molar-refractivity contribution in [2.24, 2.45) is 23.2 Å². The maximum absolute atomic E-state index is 12.6. The molecule has 0 amide bonds. The first-order valence-electron chi connectivity index (χ1n) is 9.23. The second-order valence-corrected chi connectivity index (χ2v) is 8.10. The van der Waals surface area contributed by atoms with Crippen molar-refractivity contribution in [3.05, 3.63) is 11.4 Å². The van der Waals surface area contributed by atoms with Gasteiger partial charge in [0.1, 0.15) is 12.0 Å². The van der Waals surface area contributed by atoms with Crippen LogP contribution in [-0.2, 0) is 28.6 Å². The smallest absolute Gasteiger partial charge is 0.347 e. The molecule has 3 fully saturated rings. The average molecular weight is 363 g/mol. The Morgan fingerprint density at radius 3 is 2.62 bits per heavy atom. The zero-order valence-electron chi connectivity index (χ0n) is 15.4. The molecule has 3 rings (SSSR count). The van der Waals surface area contributed by atoms with Crippen molar-refractivity contribution in [3.63, 3.8) is 0 Å². The van der Waals surface area contributed by atoms with Crippen molar-refractivity contribution < 1.29 is 28.6 Å². The van der Waals surface area contributed by atoms with Gasteiger partial charge >= 0.3 is 17.9 Å². The number of carbonyl (C=O) groups is 3. The number of fused-ring (bicyclic) bond motifs is 2. The number of hydrogen-bond donors (Lipinski definition) is 0. The highest BCUT2D eigenvalue weighted by Crippen LogP contribution is 2.52. The molecule has 0 spiro atoms. The van der Waals surface area contributed by atoms with Crippen molar-refractivity contribution in [1.82, 2.24) is 0 Å². The molecule has 7 heteroatoms. The molecule has 0 aromatic heterocycles. The lowest BCUT2D eigenvalue weighted by molar-refractivity contribution is -0.168. The molecular weight excluding hydrogens is 338 g/mol. The lowest BCUT2D eigenvalue weighted by Crippen LogP contribution is -2.43. The van der Waals surface area contributed by atoms with E-state index in [0.29, 0.717) is 25.7 Å². The topological polar surface area (TPSA) is 83.3 Å². The number of ether oxygens (including phenoxy) is 3. The first-order valence-corrected chi connectivity index (χ1v) is 9.23. The molecule has 2 bridgehead atoms. The number of hydrogen-bond acceptors (Lipinski definition) is 6. The summed E-state index contributed by atoms with van der Waals surface area (Å²) < 4.78 is 15.8. The Balaban J connectivity index is 1.65. The second kappa shape index (κ2) is 6.90. The number of rotatable bonds is 5. The quantitative estimate of drug-likeness (QED) is 0.423. The van der Waals surface area contributed by atoms with Gasteiger partial charge in [-0.25, -0.2) is 11.4 Å². The fourth-order valence-corrected chi connectivity index (χ4v) is 4.16. The summed E-state index contributed by atoms with van der Waals surface area (Å²) >= 11 is 0. The zero-order chi connectivity index (χ0) is 19.1. The molecule has 0 radical (unpaired) electrons. The number of nitrogens with zero attached hydrogens (tertiary/aromatic N) is 1. The number of esters is 3. The third kappa shape index (κ3) is 3.17. The predicted molar refractivity (Wildman–Crippen MR) is 89.5 cm³/mol. The summed E-state index contributed by atoms with van der Waals surface area (Å²) in [5, 5.41) is 0. The molecule has 6 atom stereocenters. The summed E-state index contributed by atoms with van der Waals surface area (Å²) in [6, 6.07) is -0.568. The van der Waals surface area contributed by atoms with Gasteiger partial charge in [0, 0.05) is 6.42 Å². The largest absolute Gasteiger partial charge is 0.463 e. The molecule has 142 valence electrons. The van der Waals surface area contributed by atoms with Crippen LogP contribution < -0.4 is 0 Å².